The lowest BCUT2D eigenvalue weighted by Crippen LogP contribution is -2.29. The summed E-state index contributed by atoms with van der Waals surface area (Å²) >= 11 is 0. The fraction of sp³-hybridized carbons (Fsp3) is 0.273. The topological polar surface area (TPSA) is 30.5 Å². The lowest BCUT2D eigenvalue weighted by atomic mass is 9.77. The zero-order valence-corrected chi connectivity index (χ0v) is 14.4. The molecule has 0 aromatic heterocycles. The van der Waals surface area contributed by atoms with Crippen LogP contribution in [0.2, 0.25) is 0 Å². The van der Waals surface area contributed by atoms with Crippen molar-refractivity contribution < 1.29 is 9.47 Å². The van der Waals surface area contributed by atoms with Gasteiger partial charge < -0.3 is 14.8 Å². The molecule has 1 N–H and O–H groups in total. The first-order valence-corrected chi connectivity index (χ1v) is 8.75. The molecule has 128 valence electrons. The van der Waals surface area contributed by atoms with Crippen LogP contribution in [0.25, 0.3) is 0 Å². The maximum atomic E-state index is 5.73. The van der Waals surface area contributed by atoms with Crippen molar-refractivity contribution in [1.82, 2.24) is 0 Å². The van der Waals surface area contributed by atoms with Crippen LogP contribution in [-0.2, 0) is 0 Å². The van der Waals surface area contributed by atoms with Crippen LogP contribution in [-0.4, -0.2) is 13.7 Å². The number of fused-ring (bicyclic) bond motifs is 3. The minimum Gasteiger partial charge on any atom is -0.496 e. The number of hydrogen-bond donors (Lipinski definition) is 1. The molecule has 0 saturated heterocycles. The van der Waals surface area contributed by atoms with Gasteiger partial charge in [-0.25, -0.2) is 0 Å². The standard InChI is InChI=1S/C22H23NO2/c1-3-13-25-15-11-12-20-19(14-15)16-8-6-9-17(16)22(23-20)18-7-4-5-10-21(18)24-2/h3-8,10-12,14,16-17,22-23H,1,9,13H2,2H3. The first-order chi connectivity index (χ1) is 12.3. The average Bonchev–Trinajstić information content (AvgIpc) is 3.16. The average molecular weight is 333 g/mol. The van der Waals surface area contributed by atoms with Crippen LogP contribution in [0.1, 0.15) is 29.5 Å². The summed E-state index contributed by atoms with van der Waals surface area (Å²) in [4.78, 5) is 0. The van der Waals surface area contributed by atoms with Crippen LogP contribution in [0.3, 0.4) is 0 Å². The van der Waals surface area contributed by atoms with E-state index in [-0.39, 0.29) is 6.04 Å². The third kappa shape index (κ3) is 2.80. The van der Waals surface area contributed by atoms with Crippen LogP contribution in [0.4, 0.5) is 5.69 Å². The van der Waals surface area contributed by atoms with Crippen molar-refractivity contribution in [2.75, 3.05) is 19.0 Å². The van der Waals surface area contributed by atoms with Crippen molar-refractivity contribution >= 4 is 5.69 Å². The Balaban J connectivity index is 1.72. The van der Waals surface area contributed by atoms with Gasteiger partial charge in [-0.1, -0.05) is 43.0 Å². The molecule has 1 aliphatic heterocycles. The van der Waals surface area contributed by atoms with E-state index in [1.54, 1.807) is 13.2 Å². The summed E-state index contributed by atoms with van der Waals surface area (Å²) in [5.74, 6) is 2.73. The van der Waals surface area contributed by atoms with Gasteiger partial charge in [0.2, 0.25) is 0 Å². The number of benzene rings is 2. The van der Waals surface area contributed by atoms with Gasteiger partial charge in [0.05, 0.1) is 13.2 Å². The van der Waals surface area contributed by atoms with Crippen molar-refractivity contribution in [3.63, 3.8) is 0 Å². The second-order valence-electron chi connectivity index (χ2n) is 6.57. The van der Waals surface area contributed by atoms with Crippen LogP contribution < -0.4 is 14.8 Å². The van der Waals surface area contributed by atoms with Crippen molar-refractivity contribution in [1.29, 1.82) is 0 Å². The van der Waals surface area contributed by atoms with Crippen LogP contribution in [0, 0.1) is 5.92 Å². The summed E-state index contributed by atoms with van der Waals surface area (Å²) in [7, 11) is 1.74. The highest BCUT2D eigenvalue weighted by Crippen LogP contribution is 2.51. The highest BCUT2D eigenvalue weighted by atomic mass is 16.5. The normalized spacial score (nSPS) is 23.3. The van der Waals surface area contributed by atoms with E-state index in [2.05, 4.69) is 48.3 Å². The second kappa shape index (κ2) is 6.67. The minimum atomic E-state index is 0.239. The molecule has 0 fully saturated rings. The number of nitrogens with one attached hydrogen (secondary N) is 1. The summed E-state index contributed by atoms with van der Waals surface area (Å²) in [5.41, 5.74) is 3.71. The molecule has 3 heteroatoms. The molecule has 0 radical (unpaired) electrons. The van der Waals surface area contributed by atoms with E-state index in [4.69, 9.17) is 9.47 Å². The van der Waals surface area contributed by atoms with E-state index in [9.17, 15) is 0 Å². The number of rotatable bonds is 5. The number of methoxy groups -OCH3 is 1. The number of allylic oxidation sites excluding steroid dienone is 2. The number of ether oxygens (including phenoxy) is 2. The molecule has 2 aliphatic rings. The van der Waals surface area contributed by atoms with Crippen molar-refractivity contribution in [3.05, 3.63) is 78.4 Å². The summed E-state index contributed by atoms with van der Waals surface area (Å²) in [6, 6.07) is 14.9. The lowest BCUT2D eigenvalue weighted by molar-refractivity contribution is 0.359. The predicted octanol–water partition coefficient (Wildman–Crippen LogP) is 5.09. The van der Waals surface area contributed by atoms with E-state index in [1.165, 1.54) is 16.8 Å². The van der Waals surface area contributed by atoms with Crippen LogP contribution in [0.15, 0.2) is 67.3 Å². The van der Waals surface area contributed by atoms with Gasteiger partial charge in [-0.05, 0) is 42.2 Å². The maximum absolute atomic E-state index is 5.73. The van der Waals surface area contributed by atoms with Crippen molar-refractivity contribution in [2.24, 2.45) is 5.92 Å². The lowest BCUT2D eigenvalue weighted by Gasteiger charge is -2.38. The summed E-state index contributed by atoms with van der Waals surface area (Å²) in [6.45, 7) is 4.24. The molecular formula is C22H23NO2. The first kappa shape index (κ1) is 15.8. The SMILES string of the molecule is C=CCOc1ccc2c(c1)C1C=CCC1C(c1ccccc1OC)N2. The Labute approximate surface area is 149 Å². The van der Waals surface area contributed by atoms with E-state index >= 15 is 0 Å². The Bertz CT molecular complexity index is 811. The van der Waals surface area contributed by atoms with E-state index in [0.29, 0.717) is 18.4 Å². The second-order valence-corrected chi connectivity index (χ2v) is 6.57. The molecule has 2 aromatic carbocycles. The van der Waals surface area contributed by atoms with Crippen LogP contribution in [0.5, 0.6) is 11.5 Å². The smallest absolute Gasteiger partial charge is 0.124 e. The molecule has 0 amide bonds. The summed E-state index contributed by atoms with van der Waals surface area (Å²) in [5, 5.41) is 3.75. The fourth-order valence-electron chi connectivity index (χ4n) is 4.05. The Morgan fingerprint density at radius 3 is 2.92 bits per heavy atom. The fourth-order valence-corrected chi connectivity index (χ4v) is 4.05. The van der Waals surface area contributed by atoms with Crippen molar-refractivity contribution in [2.45, 2.75) is 18.4 Å². The first-order valence-electron chi connectivity index (χ1n) is 8.75. The van der Waals surface area contributed by atoms with Crippen molar-refractivity contribution in [3.8, 4) is 11.5 Å². The molecule has 25 heavy (non-hydrogen) atoms. The molecule has 4 rings (SSSR count). The van der Waals surface area contributed by atoms with Gasteiger partial charge in [0.25, 0.3) is 0 Å². The van der Waals surface area contributed by atoms with Gasteiger partial charge >= 0.3 is 0 Å². The molecule has 1 aliphatic carbocycles. The van der Waals surface area contributed by atoms with Gasteiger partial charge in [0.1, 0.15) is 18.1 Å². The molecule has 3 nitrogen and oxygen atoms in total. The van der Waals surface area contributed by atoms with Gasteiger partial charge in [-0.3, -0.25) is 0 Å². The largest absolute Gasteiger partial charge is 0.496 e. The molecule has 2 aromatic rings. The molecular weight excluding hydrogens is 310 g/mol. The Hall–Kier alpha value is -2.68. The Kier molecular flexibility index (Phi) is 4.22. The number of para-hydroxylation sites is 1. The Morgan fingerprint density at radius 2 is 2.08 bits per heavy atom. The molecule has 0 bridgehead atoms. The van der Waals surface area contributed by atoms with E-state index in [1.807, 2.05) is 18.2 Å². The summed E-state index contributed by atoms with van der Waals surface area (Å²) in [6.07, 6.45) is 7.47. The monoisotopic (exact) mass is 333 g/mol. The predicted molar refractivity (Wildman–Crippen MR) is 101 cm³/mol. The van der Waals surface area contributed by atoms with Gasteiger partial charge in [-0.2, -0.15) is 0 Å². The highest BCUT2D eigenvalue weighted by molar-refractivity contribution is 5.62. The zero-order valence-electron chi connectivity index (χ0n) is 14.4. The number of hydrogen-bond acceptors (Lipinski definition) is 3. The number of anilines is 1. The Morgan fingerprint density at radius 1 is 1.20 bits per heavy atom. The zero-order chi connectivity index (χ0) is 17.2. The summed E-state index contributed by atoms with van der Waals surface area (Å²) < 4.78 is 11.3. The third-order valence-electron chi connectivity index (χ3n) is 5.18. The van der Waals surface area contributed by atoms with Crippen LogP contribution >= 0.6 is 0 Å². The highest BCUT2D eigenvalue weighted by Gasteiger charge is 2.39. The van der Waals surface area contributed by atoms with Gasteiger partial charge in [0.15, 0.2) is 0 Å². The van der Waals surface area contributed by atoms with Gasteiger partial charge in [0, 0.05) is 17.2 Å². The molecule has 3 unspecified atom stereocenters. The third-order valence-corrected chi connectivity index (χ3v) is 5.18. The van der Waals surface area contributed by atoms with E-state index in [0.717, 1.165) is 17.9 Å². The minimum absolute atomic E-state index is 0.239. The van der Waals surface area contributed by atoms with E-state index < -0.39 is 0 Å². The molecule has 0 spiro atoms. The molecule has 1 heterocycles. The quantitative estimate of drug-likeness (QED) is 0.773. The maximum Gasteiger partial charge on any atom is 0.124 e. The van der Waals surface area contributed by atoms with Gasteiger partial charge in [-0.15, -0.1) is 0 Å². The molecule has 3 atom stereocenters. The molecule has 0 saturated carbocycles.